The fourth-order valence-electron chi connectivity index (χ4n) is 3.72. The molecule has 0 amide bonds. The maximum Gasteiger partial charge on any atom is 0.167 e. The first kappa shape index (κ1) is 14.2. The Morgan fingerprint density at radius 2 is 2.24 bits per heavy atom. The topological polar surface area (TPSA) is 72.3 Å². The van der Waals surface area contributed by atoms with Crippen LogP contribution in [0.5, 0.6) is 0 Å². The van der Waals surface area contributed by atoms with Crippen LogP contribution in [0.1, 0.15) is 44.7 Å². The van der Waals surface area contributed by atoms with E-state index in [1.807, 2.05) is 13.8 Å². The van der Waals surface area contributed by atoms with Gasteiger partial charge >= 0.3 is 0 Å². The highest BCUT2D eigenvalue weighted by atomic mass is 16.5. The maximum atomic E-state index is 12.3. The van der Waals surface area contributed by atoms with Crippen LogP contribution in [0, 0.1) is 5.41 Å². The van der Waals surface area contributed by atoms with E-state index in [0.29, 0.717) is 25.0 Å². The molecule has 112 valence electrons. The lowest BCUT2D eigenvalue weighted by atomic mass is 9.65. The van der Waals surface area contributed by atoms with Crippen LogP contribution in [-0.2, 0) is 9.53 Å². The molecule has 1 aliphatic carbocycles. The Hall–Kier alpha value is -1.75. The molecule has 5 nitrogen and oxygen atoms in total. The van der Waals surface area contributed by atoms with Crippen LogP contribution in [0.2, 0.25) is 0 Å². The summed E-state index contributed by atoms with van der Waals surface area (Å²) in [5, 5.41) is 9.36. The third-order valence-electron chi connectivity index (χ3n) is 4.55. The molecule has 2 heterocycles. The number of Topliss-reactive ketones (excluding diaryl/α,β-unsaturated/α-hetero) is 1. The molecule has 0 aromatic carbocycles. The maximum absolute atomic E-state index is 12.3. The summed E-state index contributed by atoms with van der Waals surface area (Å²) in [6.07, 6.45) is 8.02. The Morgan fingerprint density at radius 3 is 2.90 bits per heavy atom. The SMILES string of the molecule is CC1(C)CC2(C/C(=C/O)C1=O)CC(c1cnccn1)CO2. The largest absolute Gasteiger partial charge is 0.515 e. The van der Waals surface area contributed by atoms with Crippen molar-refractivity contribution in [1.29, 1.82) is 0 Å². The third kappa shape index (κ3) is 2.46. The van der Waals surface area contributed by atoms with Crippen molar-refractivity contribution in [3.05, 3.63) is 36.1 Å². The lowest BCUT2D eigenvalue weighted by Gasteiger charge is -2.41. The van der Waals surface area contributed by atoms with E-state index in [0.717, 1.165) is 18.4 Å². The van der Waals surface area contributed by atoms with Gasteiger partial charge in [0, 0.05) is 41.9 Å². The van der Waals surface area contributed by atoms with Crippen LogP contribution >= 0.6 is 0 Å². The molecule has 2 aliphatic rings. The lowest BCUT2D eigenvalue weighted by Crippen LogP contribution is -2.45. The number of hydrogen-bond acceptors (Lipinski definition) is 5. The van der Waals surface area contributed by atoms with E-state index >= 15 is 0 Å². The number of carbonyl (C=O) groups is 1. The predicted octanol–water partition coefficient (Wildman–Crippen LogP) is 2.55. The van der Waals surface area contributed by atoms with E-state index in [9.17, 15) is 9.90 Å². The number of ether oxygens (including phenoxy) is 1. The number of nitrogens with zero attached hydrogens (tertiary/aromatic N) is 2. The molecule has 3 rings (SSSR count). The summed E-state index contributed by atoms with van der Waals surface area (Å²) in [6, 6.07) is 0. The Morgan fingerprint density at radius 1 is 1.43 bits per heavy atom. The van der Waals surface area contributed by atoms with E-state index in [4.69, 9.17) is 4.74 Å². The predicted molar refractivity (Wildman–Crippen MR) is 76.8 cm³/mol. The monoisotopic (exact) mass is 288 g/mol. The van der Waals surface area contributed by atoms with Gasteiger partial charge in [-0.3, -0.25) is 14.8 Å². The molecule has 21 heavy (non-hydrogen) atoms. The Balaban J connectivity index is 1.85. The van der Waals surface area contributed by atoms with Gasteiger partial charge in [-0.05, 0) is 12.8 Å². The summed E-state index contributed by atoms with van der Waals surface area (Å²) in [5.74, 6) is 0.213. The Kier molecular flexibility index (Phi) is 3.32. The molecule has 1 saturated carbocycles. The smallest absolute Gasteiger partial charge is 0.167 e. The van der Waals surface area contributed by atoms with Gasteiger partial charge in [-0.15, -0.1) is 0 Å². The fourth-order valence-corrected chi connectivity index (χ4v) is 3.72. The molecule has 1 aliphatic heterocycles. The number of aliphatic hydroxyl groups excluding tert-OH is 1. The molecular weight excluding hydrogens is 268 g/mol. The summed E-state index contributed by atoms with van der Waals surface area (Å²) in [4.78, 5) is 20.7. The third-order valence-corrected chi connectivity index (χ3v) is 4.55. The van der Waals surface area contributed by atoms with E-state index in [2.05, 4.69) is 9.97 Å². The van der Waals surface area contributed by atoms with E-state index < -0.39 is 5.41 Å². The molecule has 1 saturated heterocycles. The van der Waals surface area contributed by atoms with Crippen molar-refractivity contribution in [2.45, 2.75) is 44.6 Å². The average Bonchev–Trinajstić information content (AvgIpc) is 2.87. The van der Waals surface area contributed by atoms with E-state index in [1.54, 1.807) is 18.6 Å². The number of ketones is 1. The van der Waals surface area contributed by atoms with Gasteiger partial charge in [0.1, 0.15) is 0 Å². The number of hydrogen-bond donors (Lipinski definition) is 1. The number of aromatic nitrogens is 2. The highest BCUT2D eigenvalue weighted by Gasteiger charge is 2.52. The first-order valence-electron chi connectivity index (χ1n) is 7.24. The van der Waals surface area contributed by atoms with Crippen molar-refractivity contribution in [2.75, 3.05) is 6.61 Å². The summed E-state index contributed by atoms with van der Waals surface area (Å²) >= 11 is 0. The fraction of sp³-hybridized carbons (Fsp3) is 0.562. The second-order valence-electron chi connectivity index (χ2n) is 6.75. The summed E-state index contributed by atoms with van der Waals surface area (Å²) < 4.78 is 6.09. The Labute approximate surface area is 124 Å². The molecule has 0 bridgehead atoms. The van der Waals surface area contributed by atoms with Crippen molar-refractivity contribution < 1.29 is 14.6 Å². The molecular formula is C16H20N2O3. The first-order valence-corrected chi connectivity index (χ1v) is 7.24. The van der Waals surface area contributed by atoms with Crippen molar-refractivity contribution in [3.63, 3.8) is 0 Å². The van der Waals surface area contributed by atoms with Gasteiger partial charge in [-0.2, -0.15) is 0 Å². The number of rotatable bonds is 1. The zero-order valence-electron chi connectivity index (χ0n) is 12.4. The van der Waals surface area contributed by atoms with Gasteiger partial charge in [0.2, 0.25) is 0 Å². The van der Waals surface area contributed by atoms with Gasteiger partial charge < -0.3 is 9.84 Å². The summed E-state index contributed by atoms with van der Waals surface area (Å²) in [6.45, 7) is 4.42. The highest BCUT2D eigenvalue weighted by Crippen LogP contribution is 2.50. The molecule has 2 unspecified atom stereocenters. The average molecular weight is 288 g/mol. The zero-order chi connectivity index (χ0) is 15.1. The zero-order valence-corrected chi connectivity index (χ0v) is 12.4. The van der Waals surface area contributed by atoms with Gasteiger partial charge in [-0.1, -0.05) is 13.8 Å². The minimum Gasteiger partial charge on any atom is -0.515 e. The molecule has 2 fully saturated rings. The molecule has 2 atom stereocenters. The van der Waals surface area contributed by atoms with Gasteiger partial charge in [0.05, 0.1) is 24.2 Å². The van der Waals surface area contributed by atoms with E-state index in [-0.39, 0.29) is 17.3 Å². The van der Waals surface area contributed by atoms with Crippen LogP contribution in [0.15, 0.2) is 30.4 Å². The molecule has 0 radical (unpaired) electrons. The van der Waals surface area contributed by atoms with E-state index in [1.165, 1.54) is 0 Å². The van der Waals surface area contributed by atoms with Crippen LogP contribution in [0.4, 0.5) is 0 Å². The lowest BCUT2D eigenvalue weighted by molar-refractivity contribution is -0.133. The molecule has 1 aromatic rings. The molecule has 5 heteroatoms. The minimum atomic E-state index is -0.510. The highest BCUT2D eigenvalue weighted by molar-refractivity contribution is 6.00. The van der Waals surface area contributed by atoms with Crippen molar-refractivity contribution >= 4 is 5.78 Å². The number of carbonyl (C=O) groups excluding carboxylic acids is 1. The first-order chi connectivity index (χ1) is 9.96. The van der Waals surface area contributed by atoms with Crippen LogP contribution < -0.4 is 0 Å². The summed E-state index contributed by atoms with van der Waals surface area (Å²) in [5.41, 5.74) is 0.503. The van der Waals surface area contributed by atoms with Crippen molar-refractivity contribution in [1.82, 2.24) is 9.97 Å². The quantitative estimate of drug-likeness (QED) is 0.635. The van der Waals surface area contributed by atoms with Gasteiger partial charge in [0.15, 0.2) is 5.78 Å². The normalized spacial score (nSPS) is 33.7. The second-order valence-corrected chi connectivity index (χ2v) is 6.75. The van der Waals surface area contributed by atoms with Crippen molar-refractivity contribution in [2.24, 2.45) is 5.41 Å². The van der Waals surface area contributed by atoms with Crippen LogP contribution in [0.25, 0.3) is 0 Å². The van der Waals surface area contributed by atoms with Gasteiger partial charge in [0.25, 0.3) is 0 Å². The molecule has 1 N–H and O–H groups in total. The minimum absolute atomic E-state index is 0.0159. The molecule has 1 aromatic heterocycles. The van der Waals surface area contributed by atoms with Gasteiger partial charge in [-0.25, -0.2) is 0 Å². The standard InChI is InChI=1S/C16H20N2O3/c1-15(2)10-16(5-11(8-19)14(15)20)6-12(9-21-16)13-7-17-3-4-18-13/h3-4,7-8,12,19H,5-6,9-10H2,1-2H3/b11-8-. The number of aliphatic hydroxyl groups is 1. The second kappa shape index (κ2) is 4.91. The Bertz CT molecular complexity index is 582. The summed E-state index contributed by atoms with van der Waals surface area (Å²) in [7, 11) is 0. The van der Waals surface area contributed by atoms with Crippen LogP contribution in [-0.4, -0.2) is 33.1 Å². The van der Waals surface area contributed by atoms with Crippen molar-refractivity contribution in [3.8, 4) is 0 Å². The van der Waals surface area contributed by atoms with Crippen LogP contribution in [0.3, 0.4) is 0 Å². The molecule has 1 spiro atoms.